The van der Waals surface area contributed by atoms with Crippen LogP contribution in [0, 0.1) is 0 Å². The summed E-state index contributed by atoms with van der Waals surface area (Å²) < 4.78 is 0. The van der Waals surface area contributed by atoms with E-state index in [4.69, 9.17) is 0 Å². The van der Waals surface area contributed by atoms with Gasteiger partial charge in [-0.3, -0.25) is 4.79 Å². The Labute approximate surface area is 120 Å². The molecule has 2 N–H and O–H groups in total. The molecule has 0 spiro atoms. The molecule has 0 saturated carbocycles. The van der Waals surface area contributed by atoms with Crippen LogP contribution in [0.4, 0.5) is 0 Å². The fourth-order valence-corrected chi connectivity index (χ4v) is 3.21. The maximum absolute atomic E-state index is 11.4. The van der Waals surface area contributed by atoms with Crippen LogP contribution in [0.5, 0.6) is 11.5 Å². The van der Waals surface area contributed by atoms with Crippen LogP contribution in [0.1, 0.15) is 28.4 Å². The van der Waals surface area contributed by atoms with Crippen molar-refractivity contribution in [2.45, 2.75) is 16.7 Å². The van der Waals surface area contributed by atoms with Crippen molar-refractivity contribution < 1.29 is 15.0 Å². The van der Waals surface area contributed by atoms with Crippen LogP contribution >= 0.6 is 11.8 Å². The van der Waals surface area contributed by atoms with Gasteiger partial charge in [0.2, 0.25) is 0 Å². The molecule has 0 radical (unpaired) electrons. The predicted octanol–water partition coefficient (Wildman–Crippen LogP) is 3.94. The summed E-state index contributed by atoms with van der Waals surface area (Å²) >= 11 is 1.46. The molecule has 0 fully saturated rings. The van der Waals surface area contributed by atoms with Crippen molar-refractivity contribution in [2.24, 2.45) is 0 Å². The molecule has 0 unspecified atom stereocenters. The third kappa shape index (κ3) is 2.18. The Bertz CT molecular complexity index is 748. The molecule has 20 heavy (non-hydrogen) atoms. The molecule has 100 valence electrons. The number of phenols is 2. The van der Waals surface area contributed by atoms with E-state index in [2.05, 4.69) is 0 Å². The molecular weight excluding hydrogens is 272 g/mol. The number of carbonyl (C=O) groups is 1. The molecule has 0 aliphatic carbocycles. The molecule has 0 saturated heterocycles. The van der Waals surface area contributed by atoms with Crippen molar-refractivity contribution in [2.75, 3.05) is 0 Å². The van der Waals surface area contributed by atoms with Gasteiger partial charge >= 0.3 is 0 Å². The topological polar surface area (TPSA) is 57.5 Å². The minimum atomic E-state index is 0.0217. The van der Waals surface area contributed by atoms with Gasteiger partial charge in [-0.25, -0.2) is 0 Å². The van der Waals surface area contributed by atoms with Crippen molar-refractivity contribution in [3.05, 3.63) is 47.0 Å². The zero-order chi connectivity index (χ0) is 14.3. The summed E-state index contributed by atoms with van der Waals surface area (Å²) in [6.07, 6.45) is 3.67. The van der Waals surface area contributed by atoms with Crippen LogP contribution in [0.3, 0.4) is 0 Å². The first kappa shape index (κ1) is 12.8. The van der Waals surface area contributed by atoms with Gasteiger partial charge in [-0.1, -0.05) is 23.9 Å². The Hall–Kier alpha value is -2.20. The normalized spacial score (nSPS) is 12.4. The molecule has 2 aromatic carbocycles. The van der Waals surface area contributed by atoms with Crippen molar-refractivity contribution in [1.29, 1.82) is 0 Å². The predicted molar refractivity (Wildman–Crippen MR) is 79.3 cm³/mol. The van der Waals surface area contributed by atoms with E-state index in [9.17, 15) is 15.0 Å². The van der Waals surface area contributed by atoms with Crippen LogP contribution in [-0.2, 0) is 0 Å². The first-order chi connectivity index (χ1) is 9.54. The van der Waals surface area contributed by atoms with Crippen molar-refractivity contribution in [3.8, 4) is 11.5 Å². The number of rotatable bonds is 1. The number of Topliss-reactive ketones (excluding diaryl/α,β-unsaturated/α-hetero) is 1. The lowest BCUT2D eigenvalue weighted by molar-refractivity contribution is 0.101. The van der Waals surface area contributed by atoms with E-state index in [0.717, 1.165) is 15.4 Å². The van der Waals surface area contributed by atoms with E-state index >= 15 is 0 Å². The van der Waals surface area contributed by atoms with Gasteiger partial charge in [-0.2, -0.15) is 0 Å². The van der Waals surface area contributed by atoms with E-state index in [-0.39, 0.29) is 17.3 Å². The monoisotopic (exact) mass is 284 g/mol. The lowest BCUT2D eigenvalue weighted by atomic mass is 10.1. The Morgan fingerprint density at radius 2 is 1.85 bits per heavy atom. The number of fused-ring (bicyclic) bond motifs is 2. The zero-order valence-corrected chi connectivity index (χ0v) is 11.6. The average Bonchev–Trinajstić information content (AvgIpc) is 2.56. The molecule has 0 aromatic heterocycles. The van der Waals surface area contributed by atoms with Gasteiger partial charge in [-0.05, 0) is 36.8 Å². The number of hydrogen-bond donors (Lipinski definition) is 2. The van der Waals surface area contributed by atoms with Gasteiger partial charge in [-0.15, -0.1) is 0 Å². The molecule has 1 aliphatic heterocycles. The van der Waals surface area contributed by atoms with Gasteiger partial charge in [0, 0.05) is 27.0 Å². The Morgan fingerprint density at radius 1 is 1.05 bits per heavy atom. The summed E-state index contributed by atoms with van der Waals surface area (Å²) in [5, 5.41) is 19.5. The van der Waals surface area contributed by atoms with Gasteiger partial charge in [0.15, 0.2) is 5.78 Å². The Morgan fingerprint density at radius 3 is 2.60 bits per heavy atom. The highest BCUT2D eigenvalue weighted by atomic mass is 32.2. The number of benzene rings is 2. The summed E-state index contributed by atoms with van der Waals surface area (Å²) in [7, 11) is 0. The number of aromatic hydroxyl groups is 2. The lowest BCUT2D eigenvalue weighted by Crippen LogP contribution is -1.92. The first-order valence-corrected chi connectivity index (χ1v) is 6.93. The smallest absolute Gasteiger partial charge is 0.159 e. The fraction of sp³-hybridized carbons (Fsp3) is 0.0625. The lowest BCUT2D eigenvalue weighted by Gasteiger charge is -2.08. The molecule has 0 amide bonds. The molecule has 2 aromatic rings. The maximum atomic E-state index is 11.4. The minimum absolute atomic E-state index is 0.0217. The third-order valence-corrected chi connectivity index (χ3v) is 4.32. The van der Waals surface area contributed by atoms with Crippen LogP contribution in [-0.4, -0.2) is 16.0 Å². The van der Waals surface area contributed by atoms with Crippen LogP contribution in [0.2, 0.25) is 0 Å². The molecule has 0 bridgehead atoms. The number of carbonyl (C=O) groups excluding carboxylic acids is 1. The quantitative estimate of drug-likeness (QED) is 0.665. The molecule has 1 aliphatic rings. The molecule has 0 atom stereocenters. The average molecular weight is 284 g/mol. The Kier molecular flexibility index (Phi) is 3.03. The summed E-state index contributed by atoms with van der Waals surface area (Å²) in [4.78, 5) is 13.2. The Balaban J connectivity index is 2.15. The SMILES string of the molecule is CC(=O)c1ccc2c(c1)C=Cc1c(O)cc(O)cc1S2. The molecule has 4 heteroatoms. The molecule has 1 heterocycles. The summed E-state index contributed by atoms with van der Waals surface area (Å²) in [5.74, 6) is 0.0998. The highest BCUT2D eigenvalue weighted by molar-refractivity contribution is 7.99. The van der Waals surface area contributed by atoms with Gasteiger partial charge < -0.3 is 10.2 Å². The largest absolute Gasteiger partial charge is 0.508 e. The maximum Gasteiger partial charge on any atom is 0.159 e. The highest BCUT2D eigenvalue weighted by Gasteiger charge is 2.15. The summed E-state index contributed by atoms with van der Waals surface area (Å²) in [6, 6.07) is 8.45. The van der Waals surface area contributed by atoms with Crippen molar-refractivity contribution in [1.82, 2.24) is 0 Å². The van der Waals surface area contributed by atoms with Gasteiger partial charge in [0.1, 0.15) is 11.5 Å². The van der Waals surface area contributed by atoms with Crippen LogP contribution < -0.4 is 0 Å². The van der Waals surface area contributed by atoms with Crippen LogP contribution in [0.25, 0.3) is 12.2 Å². The first-order valence-electron chi connectivity index (χ1n) is 6.11. The second kappa shape index (κ2) is 4.72. The minimum Gasteiger partial charge on any atom is -0.508 e. The molecule has 3 nitrogen and oxygen atoms in total. The second-order valence-electron chi connectivity index (χ2n) is 4.62. The van der Waals surface area contributed by atoms with E-state index in [1.165, 1.54) is 24.8 Å². The fourth-order valence-electron chi connectivity index (χ4n) is 2.13. The second-order valence-corrected chi connectivity index (χ2v) is 5.70. The van der Waals surface area contributed by atoms with Crippen LogP contribution in [0.15, 0.2) is 40.1 Å². The number of hydrogen-bond acceptors (Lipinski definition) is 4. The highest BCUT2D eigenvalue weighted by Crippen LogP contribution is 2.42. The standard InChI is InChI=1S/C16H12O3S/c1-9(17)10-3-5-15-11(6-10)2-4-13-14(19)7-12(18)8-16(13)20-15/h2-8,18-19H,1H3. The van der Waals surface area contributed by atoms with Crippen molar-refractivity contribution >= 4 is 29.7 Å². The van der Waals surface area contributed by atoms with E-state index in [1.807, 2.05) is 18.2 Å². The number of phenolic OH excluding ortho intramolecular Hbond substituents is 2. The summed E-state index contributed by atoms with van der Waals surface area (Å²) in [5.41, 5.74) is 2.26. The van der Waals surface area contributed by atoms with E-state index in [0.29, 0.717) is 11.1 Å². The number of ketones is 1. The van der Waals surface area contributed by atoms with E-state index in [1.54, 1.807) is 18.2 Å². The van der Waals surface area contributed by atoms with Gasteiger partial charge in [0.25, 0.3) is 0 Å². The zero-order valence-electron chi connectivity index (χ0n) is 10.8. The van der Waals surface area contributed by atoms with Crippen molar-refractivity contribution in [3.63, 3.8) is 0 Å². The summed E-state index contributed by atoms with van der Waals surface area (Å²) in [6.45, 7) is 1.54. The molecule has 3 rings (SSSR count). The third-order valence-electron chi connectivity index (χ3n) is 3.17. The van der Waals surface area contributed by atoms with E-state index < -0.39 is 0 Å². The van der Waals surface area contributed by atoms with Gasteiger partial charge in [0.05, 0.1) is 0 Å². The molecular formula is C16H12O3S.